The first-order valence-electron chi connectivity index (χ1n) is 11.6. The van der Waals surface area contributed by atoms with Crippen molar-refractivity contribution in [2.45, 2.75) is 26.4 Å². The molecule has 36 heavy (non-hydrogen) atoms. The number of ether oxygens (including phenoxy) is 2. The fraction of sp³-hybridized carbons (Fsp3) is 0.214. The average molecular weight is 486 g/mol. The summed E-state index contributed by atoms with van der Waals surface area (Å²) in [6, 6.07) is 23.2. The van der Waals surface area contributed by atoms with Crippen LogP contribution in [0.3, 0.4) is 0 Å². The summed E-state index contributed by atoms with van der Waals surface area (Å²) in [6.07, 6.45) is 3.10. The van der Waals surface area contributed by atoms with Crippen LogP contribution in [0.5, 0.6) is 11.5 Å². The minimum atomic E-state index is -0.456. The van der Waals surface area contributed by atoms with Gasteiger partial charge in [-0.1, -0.05) is 48.5 Å². The number of hydrogen-bond acceptors (Lipinski definition) is 6. The quantitative estimate of drug-likeness (QED) is 0.124. The van der Waals surface area contributed by atoms with Crippen molar-refractivity contribution in [2.24, 2.45) is 0 Å². The highest BCUT2D eigenvalue weighted by molar-refractivity contribution is 6.01. The van der Waals surface area contributed by atoms with E-state index in [0.29, 0.717) is 35.8 Å². The van der Waals surface area contributed by atoms with Crippen molar-refractivity contribution < 1.29 is 19.2 Å². The van der Waals surface area contributed by atoms with Crippen molar-refractivity contribution in [1.82, 2.24) is 5.32 Å². The fourth-order valence-corrected chi connectivity index (χ4v) is 3.47. The van der Waals surface area contributed by atoms with Gasteiger partial charge < -0.3 is 14.8 Å². The van der Waals surface area contributed by atoms with E-state index in [0.717, 1.165) is 12.8 Å². The van der Waals surface area contributed by atoms with Crippen LogP contribution >= 0.6 is 0 Å². The van der Waals surface area contributed by atoms with Gasteiger partial charge in [0.15, 0.2) is 11.5 Å². The van der Waals surface area contributed by atoms with Crippen LogP contribution in [-0.2, 0) is 17.8 Å². The van der Waals surface area contributed by atoms with E-state index in [9.17, 15) is 20.2 Å². The first kappa shape index (κ1) is 26.0. The molecule has 3 rings (SSSR count). The maximum absolute atomic E-state index is 12.5. The van der Waals surface area contributed by atoms with Crippen LogP contribution in [0.25, 0.3) is 6.08 Å². The second kappa shape index (κ2) is 13.3. The molecule has 8 nitrogen and oxygen atoms in total. The Labute approximate surface area is 209 Å². The van der Waals surface area contributed by atoms with Gasteiger partial charge in [0.1, 0.15) is 18.2 Å². The molecule has 0 heterocycles. The van der Waals surface area contributed by atoms with Crippen LogP contribution < -0.4 is 14.8 Å². The Balaban J connectivity index is 1.64. The van der Waals surface area contributed by atoms with Crippen LogP contribution in [0.4, 0.5) is 5.69 Å². The number of rotatable bonds is 12. The zero-order valence-electron chi connectivity index (χ0n) is 20.0. The monoisotopic (exact) mass is 485 g/mol. The third-order valence-corrected chi connectivity index (χ3v) is 5.23. The highest BCUT2D eigenvalue weighted by Gasteiger charge is 2.12. The van der Waals surface area contributed by atoms with E-state index in [2.05, 4.69) is 5.32 Å². The summed E-state index contributed by atoms with van der Waals surface area (Å²) >= 11 is 0. The third-order valence-electron chi connectivity index (χ3n) is 5.23. The van der Waals surface area contributed by atoms with E-state index in [1.807, 2.05) is 43.3 Å². The highest BCUT2D eigenvalue weighted by Crippen LogP contribution is 2.30. The average Bonchev–Trinajstić information content (AvgIpc) is 2.90. The zero-order valence-corrected chi connectivity index (χ0v) is 20.0. The van der Waals surface area contributed by atoms with E-state index in [4.69, 9.17) is 9.47 Å². The number of hydrogen-bond donors (Lipinski definition) is 1. The molecule has 0 aliphatic carbocycles. The fourth-order valence-electron chi connectivity index (χ4n) is 3.47. The van der Waals surface area contributed by atoms with E-state index >= 15 is 0 Å². The van der Waals surface area contributed by atoms with Crippen molar-refractivity contribution in [3.05, 3.63) is 105 Å². The molecule has 3 aromatic rings. The molecule has 1 N–H and O–H groups in total. The molecule has 0 aromatic heterocycles. The van der Waals surface area contributed by atoms with Gasteiger partial charge in [-0.15, -0.1) is 0 Å². The highest BCUT2D eigenvalue weighted by atomic mass is 16.6. The van der Waals surface area contributed by atoms with Gasteiger partial charge in [-0.25, -0.2) is 0 Å². The van der Waals surface area contributed by atoms with Crippen LogP contribution in [0.1, 0.15) is 30.0 Å². The number of carbonyl (C=O) groups is 1. The van der Waals surface area contributed by atoms with Crippen LogP contribution in [0, 0.1) is 21.4 Å². The lowest BCUT2D eigenvalue weighted by molar-refractivity contribution is -0.384. The van der Waals surface area contributed by atoms with Crippen LogP contribution in [-0.4, -0.2) is 24.0 Å². The summed E-state index contributed by atoms with van der Waals surface area (Å²) in [7, 11) is 0. The molecule has 184 valence electrons. The summed E-state index contributed by atoms with van der Waals surface area (Å²) in [5.41, 5.74) is 2.42. The van der Waals surface area contributed by atoms with Crippen molar-refractivity contribution in [3.8, 4) is 17.6 Å². The van der Waals surface area contributed by atoms with Gasteiger partial charge in [-0.3, -0.25) is 14.9 Å². The summed E-state index contributed by atoms with van der Waals surface area (Å²) in [4.78, 5) is 23.0. The minimum Gasteiger partial charge on any atom is -0.490 e. The lowest BCUT2D eigenvalue weighted by atomic mass is 10.1. The van der Waals surface area contributed by atoms with E-state index in [-0.39, 0.29) is 17.9 Å². The molecule has 8 heteroatoms. The Bertz CT molecular complexity index is 1270. The number of nitro benzene ring substituents is 1. The zero-order chi connectivity index (χ0) is 25.8. The summed E-state index contributed by atoms with van der Waals surface area (Å²) < 4.78 is 11.5. The molecular formula is C28H27N3O5. The topological polar surface area (TPSA) is 114 Å². The first-order chi connectivity index (χ1) is 17.5. The molecule has 0 radical (unpaired) electrons. The minimum absolute atomic E-state index is 0.0102. The number of amides is 1. The number of nitriles is 1. The van der Waals surface area contributed by atoms with E-state index in [1.54, 1.807) is 30.3 Å². The molecule has 0 unspecified atom stereocenters. The molecule has 0 aliphatic heterocycles. The molecule has 0 aliphatic rings. The number of non-ortho nitro benzene ring substituents is 1. The summed E-state index contributed by atoms with van der Waals surface area (Å²) in [5.74, 6) is 0.455. The Hall–Kier alpha value is -4.64. The number of benzene rings is 3. The standard InChI is InChI=1S/C28H27N3O5/c1-2-35-27-18-22(13-14-26(27)36-20-23-10-6-12-25(17-23)31(33)34)16-24(19-29)28(32)30-15-7-11-21-8-4-3-5-9-21/h3-6,8-10,12-14,16-18H,2,7,11,15,20H2,1H3,(H,30,32)/b24-16-. The van der Waals surface area contributed by atoms with Crippen molar-refractivity contribution in [1.29, 1.82) is 5.26 Å². The summed E-state index contributed by atoms with van der Waals surface area (Å²) in [6.45, 7) is 2.79. The smallest absolute Gasteiger partial charge is 0.269 e. The molecule has 1 amide bonds. The van der Waals surface area contributed by atoms with Gasteiger partial charge in [-0.2, -0.15) is 5.26 Å². The maximum Gasteiger partial charge on any atom is 0.269 e. The van der Waals surface area contributed by atoms with E-state index < -0.39 is 10.8 Å². The largest absolute Gasteiger partial charge is 0.490 e. The Morgan fingerprint density at radius 1 is 1.03 bits per heavy atom. The second-order valence-electron chi connectivity index (χ2n) is 7.87. The molecule has 0 saturated heterocycles. The Kier molecular flexibility index (Phi) is 9.60. The maximum atomic E-state index is 12.5. The third kappa shape index (κ3) is 7.71. The van der Waals surface area contributed by atoms with Crippen molar-refractivity contribution in [2.75, 3.05) is 13.2 Å². The predicted octanol–water partition coefficient (Wildman–Crippen LogP) is 5.23. The van der Waals surface area contributed by atoms with Gasteiger partial charge in [0.05, 0.1) is 11.5 Å². The SMILES string of the molecule is CCOc1cc(/C=C(/C#N)C(=O)NCCCc2ccccc2)ccc1OCc1cccc([N+](=O)[O-])c1. The summed E-state index contributed by atoms with van der Waals surface area (Å²) in [5, 5.41) is 23.3. The molecule has 3 aromatic carbocycles. The Morgan fingerprint density at radius 3 is 2.53 bits per heavy atom. The number of carbonyl (C=O) groups excluding carboxylic acids is 1. The predicted molar refractivity (Wildman–Crippen MR) is 136 cm³/mol. The van der Waals surface area contributed by atoms with Crippen LogP contribution in [0.15, 0.2) is 78.4 Å². The van der Waals surface area contributed by atoms with Gasteiger partial charge >= 0.3 is 0 Å². The van der Waals surface area contributed by atoms with Gasteiger partial charge in [0, 0.05) is 18.7 Å². The molecule has 0 spiro atoms. The molecule has 0 bridgehead atoms. The molecule has 0 atom stereocenters. The number of aryl methyl sites for hydroxylation is 1. The van der Waals surface area contributed by atoms with Crippen molar-refractivity contribution >= 4 is 17.7 Å². The number of nitrogens with one attached hydrogen (secondary N) is 1. The molecule has 0 fully saturated rings. The lowest BCUT2D eigenvalue weighted by Crippen LogP contribution is -2.25. The number of nitrogens with zero attached hydrogens (tertiary/aromatic N) is 2. The van der Waals surface area contributed by atoms with Gasteiger partial charge in [-0.05, 0) is 54.7 Å². The van der Waals surface area contributed by atoms with Gasteiger partial charge in [0.25, 0.3) is 11.6 Å². The number of nitro groups is 1. The molecular weight excluding hydrogens is 458 g/mol. The Morgan fingerprint density at radius 2 is 1.81 bits per heavy atom. The second-order valence-corrected chi connectivity index (χ2v) is 7.87. The molecule has 0 saturated carbocycles. The normalized spacial score (nSPS) is 10.8. The van der Waals surface area contributed by atoms with Gasteiger partial charge in [0.2, 0.25) is 0 Å². The van der Waals surface area contributed by atoms with E-state index in [1.165, 1.54) is 23.8 Å². The lowest BCUT2D eigenvalue weighted by Gasteiger charge is -2.13. The van der Waals surface area contributed by atoms with Crippen molar-refractivity contribution in [3.63, 3.8) is 0 Å². The first-order valence-corrected chi connectivity index (χ1v) is 11.6. The van der Waals surface area contributed by atoms with Crippen LogP contribution in [0.2, 0.25) is 0 Å².